The molecule has 2 rings (SSSR count). The fourth-order valence-corrected chi connectivity index (χ4v) is 2.98. The Hall–Kier alpha value is -1.23. The minimum absolute atomic E-state index is 0. The molecule has 1 N–H and O–H groups in total. The zero-order valence-electron chi connectivity index (χ0n) is 15.1. The van der Waals surface area contributed by atoms with Crippen LogP contribution in [0.5, 0.6) is 11.5 Å². The molecule has 0 aliphatic carbocycles. The highest BCUT2D eigenvalue weighted by Crippen LogP contribution is 2.37. The summed E-state index contributed by atoms with van der Waals surface area (Å²) in [6.45, 7) is 9.19. The van der Waals surface area contributed by atoms with E-state index in [4.69, 9.17) is 9.47 Å². The van der Waals surface area contributed by atoms with Gasteiger partial charge in [0.15, 0.2) is 11.5 Å². The molecule has 0 aromatic heterocycles. The Labute approximate surface area is 165 Å². The molecule has 3 nitrogen and oxygen atoms in total. The number of hydrogen-bond acceptors (Lipinski definition) is 3. The van der Waals surface area contributed by atoms with Crippen LogP contribution >= 0.6 is 28.3 Å². The van der Waals surface area contributed by atoms with E-state index in [1.165, 1.54) is 11.1 Å². The Balaban J connectivity index is 0.00000312. The van der Waals surface area contributed by atoms with E-state index in [1.54, 1.807) is 0 Å². The molecule has 0 amide bonds. The Bertz CT molecular complexity index is 647. The van der Waals surface area contributed by atoms with Gasteiger partial charge < -0.3 is 14.8 Å². The molecule has 0 fully saturated rings. The molecule has 0 bridgehead atoms. The Morgan fingerprint density at radius 2 is 1.72 bits per heavy atom. The predicted molar refractivity (Wildman–Crippen MR) is 110 cm³/mol. The molecule has 25 heavy (non-hydrogen) atoms. The van der Waals surface area contributed by atoms with Crippen molar-refractivity contribution in [1.29, 1.82) is 0 Å². The fourth-order valence-electron chi connectivity index (χ4n) is 2.38. The summed E-state index contributed by atoms with van der Waals surface area (Å²) in [6, 6.07) is 12.5. The summed E-state index contributed by atoms with van der Waals surface area (Å²) in [5.41, 5.74) is 3.57. The van der Waals surface area contributed by atoms with Crippen molar-refractivity contribution >= 4 is 28.3 Å². The molecule has 0 saturated carbocycles. The van der Waals surface area contributed by atoms with Crippen molar-refractivity contribution in [2.75, 3.05) is 13.2 Å². The van der Waals surface area contributed by atoms with Gasteiger partial charge in [-0.15, -0.1) is 12.4 Å². The van der Waals surface area contributed by atoms with Crippen LogP contribution in [0.1, 0.15) is 37.0 Å². The highest BCUT2D eigenvalue weighted by atomic mass is 79.9. The standard InChI is InChI=1S/C20H26BrNO2.ClH/c1-4-10-22-13-17-11-18(21)20(19(12-17)23-5-2)24-14-16-8-6-15(3)7-9-16;/h6-9,11-12,22H,4-5,10,13-14H2,1-3H3;1H. The monoisotopic (exact) mass is 427 g/mol. The van der Waals surface area contributed by atoms with Crippen LogP contribution in [0.4, 0.5) is 0 Å². The van der Waals surface area contributed by atoms with Crippen molar-refractivity contribution in [3.8, 4) is 11.5 Å². The molecule has 0 aliphatic heterocycles. The third kappa shape index (κ3) is 6.89. The quantitative estimate of drug-likeness (QED) is 0.523. The minimum Gasteiger partial charge on any atom is -0.490 e. The van der Waals surface area contributed by atoms with E-state index in [2.05, 4.69) is 71.5 Å². The van der Waals surface area contributed by atoms with Crippen LogP contribution in [0.3, 0.4) is 0 Å². The van der Waals surface area contributed by atoms with Gasteiger partial charge in [-0.3, -0.25) is 0 Å². The lowest BCUT2D eigenvalue weighted by Crippen LogP contribution is -2.14. The molecular formula is C20H27BrClNO2. The summed E-state index contributed by atoms with van der Waals surface area (Å²) in [7, 11) is 0. The highest BCUT2D eigenvalue weighted by molar-refractivity contribution is 9.10. The van der Waals surface area contributed by atoms with E-state index in [-0.39, 0.29) is 12.4 Å². The van der Waals surface area contributed by atoms with Crippen molar-refractivity contribution in [2.45, 2.75) is 40.3 Å². The first-order valence-electron chi connectivity index (χ1n) is 8.48. The number of rotatable bonds is 9. The molecular weight excluding hydrogens is 402 g/mol. The number of nitrogens with one attached hydrogen (secondary N) is 1. The second-order valence-electron chi connectivity index (χ2n) is 5.79. The van der Waals surface area contributed by atoms with Gasteiger partial charge >= 0.3 is 0 Å². The van der Waals surface area contributed by atoms with Crippen LogP contribution in [0.15, 0.2) is 40.9 Å². The van der Waals surface area contributed by atoms with Gasteiger partial charge in [0, 0.05) is 6.54 Å². The molecule has 0 heterocycles. The second-order valence-corrected chi connectivity index (χ2v) is 6.64. The maximum Gasteiger partial charge on any atom is 0.175 e. The Kier molecular flexibility index (Phi) is 9.94. The van der Waals surface area contributed by atoms with Crippen LogP contribution in [0.25, 0.3) is 0 Å². The second kappa shape index (κ2) is 11.4. The predicted octanol–water partition coefficient (Wildman–Crippen LogP) is 5.66. The van der Waals surface area contributed by atoms with Gasteiger partial charge in [0.05, 0.1) is 11.1 Å². The largest absolute Gasteiger partial charge is 0.490 e. The first kappa shape index (κ1) is 21.8. The number of aryl methyl sites for hydroxylation is 1. The topological polar surface area (TPSA) is 30.5 Å². The lowest BCUT2D eigenvalue weighted by molar-refractivity contribution is 0.267. The molecule has 2 aromatic rings. The molecule has 0 unspecified atom stereocenters. The molecule has 0 atom stereocenters. The summed E-state index contributed by atoms with van der Waals surface area (Å²) in [6.07, 6.45) is 1.12. The van der Waals surface area contributed by atoms with Crippen LogP contribution in [-0.4, -0.2) is 13.2 Å². The maximum atomic E-state index is 6.03. The number of benzene rings is 2. The highest BCUT2D eigenvalue weighted by Gasteiger charge is 2.12. The molecule has 2 aromatic carbocycles. The number of hydrogen-bond donors (Lipinski definition) is 1. The molecule has 5 heteroatoms. The molecule has 0 radical (unpaired) electrons. The van der Waals surface area contributed by atoms with Crippen molar-refractivity contribution < 1.29 is 9.47 Å². The molecule has 0 spiro atoms. The average Bonchev–Trinajstić information content (AvgIpc) is 2.56. The molecule has 138 valence electrons. The normalized spacial score (nSPS) is 10.2. The van der Waals surface area contributed by atoms with E-state index in [1.807, 2.05) is 6.92 Å². The third-order valence-corrected chi connectivity index (χ3v) is 4.22. The third-order valence-electron chi connectivity index (χ3n) is 3.63. The van der Waals surface area contributed by atoms with Gasteiger partial charge in [-0.1, -0.05) is 36.8 Å². The molecule has 0 aliphatic rings. The molecule has 0 saturated heterocycles. The van der Waals surface area contributed by atoms with Crippen LogP contribution in [0.2, 0.25) is 0 Å². The van der Waals surface area contributed by atoms with Gasteiger partial charge in [0.25, 0.3) is 0 Å². The van der Waals surface area contributed by atoms with Crippen molar-refractivity contribution in [3.05, 3.63) is 57.6 Å². The first-order valence-corrected chi connectivity index (χ1v) is 9.27. The summed E-state index contributed by atoms with van der Waals surface area (Å²) in [5.74, 6) is 1.55. The van der Waals surface area contributed by atoms with Crippen LogP contribution in [0, 0.1) is 6.92 Å². The lowest BCUT2D eigenvalue weighted by Gasteiger charge is -2.16. The van der Waals surface area contributed by atoms with Crippen molar-refractivity contribution in [2.24, 2.45) is 0 Å². The van der Waals surface area contributed by atoms with Gasteiger partial charge in [-0.2, -0.15) is 0 Å². The number of ether oxygens (including phenoxy) is 2. The summed E-state index contributed by atoms with van der Waals surface area (Å²) < 4.78 is 12.7. The zero-order valence-corrected chi connectivity index (χ0v) is 17.5. The lowest BCUT2D eigenvalue weighted by atomic mass is 10.1. The van der Waals surface area contributed by atoms with E-state index < -0.39 is 0 Å². The first-order chi connectivity index (χ1) is 11.6. The van der Waals surface area contributed by atoms with Crippen molar-refractivity contribution in [3.63, 3.8) is 0 Å². The van der Waals surface area contributed by atoms with E-state index in [0.717, 1.165) is 41.0 Å². The van der Waals surface area contributed by atoms with Gasteiger partial charge in [0.2, 0.25) is 0 Å². The minimum atomic E-state index is 0. The SMILES string of the molecule is CCCNCc1cc(Br)c(OCc2ccc(C)cc2)c(OCC)c1.Cl. The smallest absolute Gasteiger partial charge is 0.175 e. The van der Waals surface area contributed by atoms with Crippen LogP contribution in [-0.2, 0) is 13.2 Å². The zero-order chi connectivity index (χ0) is 17.4. The van der Waals surface area contributed by atoms with Gasteiger partial charge in [0.1, 0.15) is 6.61 Å². The maximum absolute atomic E-state index is 6.03. The average molecular weight is 429 g/mol. The van der Waals surface area contributed by atoms with Gasteiger partial charge in [-0.05, 0) is 66.0 Å². The summed E-state index contributed by atoms with van der Waals surface area (Å²) in [5, 5.41) is 3.41. The van der Waals surface area contributed by atoms with Gasteiger partial charge in [-0.25, -0.2) is 0 Å². The van der Waals surface area contributed by atoms with E-state index in [0.29, 0.717) is 13.2 Å². The van der Waals surface area contributed by atoms with Crippen molar-refractivity contribution in [1.82, 2.24) is 5.32 Å². The van der Waals surface area contributed by atoms with E-state index >= 15 is 0 Å². The Morgan fingerprint density at radius 3 is 2.36 bits per heavy atom. The van der Waals surface area contributed by atoms with Crippen LogP contribution < -0.4 is 14.8 Å². The summed E-state index contributed by atoms with van der Waals surface area (Å²) in [4.78, 5) is 0. The number of halogens is 2. The summed E-state index contributed by atoms with van der Waals surface area (Å²) >= 11 is 3.63. The van der Waals surface area contributed by atoms with E-state index in [9.17, 15) is 0 Å². The fraction of sp³-hybridized carbons (Fsp3) is 0.400. The Morgan fingerprint density at radius 1 is 1.00 bits per heavy atom.